The van der Waals surface area contributed by atoms with Gasteiger partial charge in [-0.3, -0.25) is 5.10 Å². The predicted molar refractivity (Wildman–Crippen MR) is 79.1 cm³/mol. The van der Waals surface area contributed by atoms with Gasteiger partial charge in [-0.1, -0.05) is 30.3 Å². The summed E-state index contributed by atoms with van der Waals surface area (Å²) in [4.78, 5) is 0. The Kier molecular flexibility index (Phi) is 3.85. The van der Waals surface area contributed by atoms with Crippen LogP contribution in [-0.2, 0) is 6.54 Å². The number of H-pyrrole nitrogens is 1. The van der Waals surface area contributed by atoms with Crippen LogP contribution in [0.4, 0.5) is 0 Å². The van der Waals surface area contributed by atoms with Gasteiger partial charge in [0.2, 0.25) is 0 Å². The monoisotopic (exact) mass is 271 g/mol. The van der Waals surface area contributed by atoms with Crippen molar-refractivity contribution in [3.63, 3.8) is 0 Å². The molecule has 0 bridgehead atoms. The summed E-state index contributed by atoms with van der Waals surface area (Å²) >= 11 is 0. The Bertz CT molecular complexity index is 546. The maximum absolute atomic E-state index is 9.08. The highest BCUT2D eigenvalue weighted by Gasteiger charge is 2.41. The average Bonchev–Trinajstić information content (AvgIpc) is 3.08. The first-order chi connectivity index (χ1) is 9.83. The third kappa shape index (κ3) is 2.92. The molecule has 3 N–H and O–H groups in total. The van der Waals surface area contributed by atoms with Crippen molar-refractivity contribution < 1.29 is 5.11 Å². The van der Waals surface area contributed by atoms with Crippen molar-refractivity contribution >= 4 is 0 Å². The number of nitrogens with one attached hydrogen (secondary N) is 2. The number of aromatic nitrogens is 2. The second kappa shape index (κ2) is 5.77. The molecule has 1 saturated carbocycles. The zero-order valence-electron chi connectivity index (χ0n) is 11.6. The van der Waals surface area contributed by atoms with Crippen molar-refractivity contribution in [2.75, 3.05) is 13.2 Å². The zero-order valence-corrected chi connectivity index (χ0v) is 11.6. The topological polar surface area (TPSA) is 60.9 Å². The van der Waals surface area contributed by atoms with Crippen molar-refractivity contribution in [1.29, 1.82) is 0 Å². The molecule has 0 spiro atoms. The predicted octanol–water partition coefficient (Wildman–Crippen LogP) is 2.33. The highest BCUT2D eigenvalue weighted by Crippen LogP contribution is 2.47. The van der Waals surface area contributed by atoms with Gasteiger partial charge in [0, 0.05) is 25.3 Å². The van der Waals surface area contributed by atoms with Crippen LogP contribution in [0.3, 0.4) is 0 Å². The number of benzene rings is 1. The molecule has 1 aromatic heterocycles. The van der Waals surface area contributed by atoms with Gasteiger partial charge in [0.25, 0.3) is 0 Å². The summed E-state index contributed by atoms with van der Waals surface area (Å²) in [6.45, 7) is 2.09. The van der Waals surface area contributed by atoms with Crippen LogP contribution in [0.15, 0.2) is 36.5 Å². The maximum atomic E-state index is 9.08. The Balaban J connectivity index is 1.60. The van der Waals surface area contributed by atoms with E-state index >= 15 is 0 Å². The highest BCUT2D eigenvalue weighted by molar-refractivity contribution is 5.62. The zero-order chi connectivity index (χ0) is 13.8. The summed E-state index contributed by atoms with van der Waals surface area (Å²) in [5.74, 6) is 0. The van der Waals surface area contributed by atoms with E-state index in [1.807, 2.05) is 24.4 Å². The van der Waals surface area contributed by atoms with Crippen LogP contribution in [0.2, 0.25) is 0 Å². The lowest BCUT2D eigenvalue weighted by Gasteiger charge is -2.14. The molecular weight excluding hydrogens is 250 g/mol. The molecule has 2 aromatic rings. The number of rotatable bonds is 7. The molecule has 0 aliphatic heterocycles. The molecular formula is C16H21N3O. The van der Waals surface area contributed by atoms with Crippen molar-refractivity contribution in [2.24, 2.45) is 5.41 Å². The molecule has 3 rings (SSSR count). The summed E-state index contributed by atoms with van der Waals surface area (Å²) in [7, 11) is 0. The van der Waals surface area contributed by atoms with E-state index in [4.69, 9.17) is 5.11 Å². The number of aliphatic hydroxyl groups is 1. The van der Waals surface area contributed by atoms with Gasteiger partial charge in [-0.05, 0) is 30.2 Å². The van der Waals surface area contributed by atoms with E-state index in [9.17, 15) is 0 Å². The van der Waals surface area contributed by atoms with Crippen LogP contribution >= 0.6 is 0 Å². The normalized spacial score (nSPS) is 16.2. The average molecular weight is 271 g/mol. The van der Waals surface area contributed by atoms with Crippen LogP contribution in [0, 0.1) is 5.41 Å². The van der Waals surface area contributed by atoms with E-state index in [0.29, 0.717) is 12.0 Å². The Hall–Kier alpha value is -1.65. The van der Waals surface area contributed by atoms with Gasteiger partial charge in [0.15, 0.2) is 0 Å². The summed E-state index contributed by atoms with van der Waals surface area (Å²) in [6, 6.07) is 10.3. The molecule has 1 heterocycles. The number of aromatic amines is 1. The van der Waals surface area contributed by atoms with E-state index in [-0.39, 0.29) is 0 Å². The Morgan fingerprint density at radius 2 is 2.05 bits per heavy atom. The first kappa shape index (κ1) is 13.3. The molecule has 0 amide bonds. The third-order valence-electron chi connectivity index (χ3n) is 4.20. The molecule has 20 heavy (non-hydrogen) atoms. The minimum absolute atomic E-state index is 0.294. The first-order valence-corrected chi connectivity index (χ1v) is 7.22. The standard InChI is InChI=1S/C16H21N3O/c20-9-8-16(6-7-16)12-17-10-14-11-18-19-15(14)13-4-2-1-3-5-13/h1-5,11,17,20H,6-10,12H2,(H,18,19). The largest absolute Gasteiger partial charge is 0.396 e. The van der Waals surface area contributed by atoms with Gasteiger partial charge < -0.3 is 10.4 Å². The molecule has 0 radical (unpaired) electrons. The molecule has 0 atom stereocenters. The SMILES string of the molecule is OCCC1(CNCc2cn[nH]c2-c2ccccc2)CC1. The molecule has 0 unspecified atom stereocenters. The van der Waals surface area contributed by atoms with E-state index in [0.717, 1.165) is 25.2 Å². The summed E-state index contributed by atoms with van der Waals surface area (Å²) in [5, 5.41) is 19.8. The molecule has 4 nitrogen and oxygen atoms in total. The maximum Gasteiger partial charge on any atom is 0.0695 e. The minimum Gasteiger partial charge on any atom is -0.396 e. The lowest BCUT2D eigenvalue weighted by molar-refractivity contribution is 0.245. The van der Waals surface area contributed by atoms with Gasteiger partial charge in [-0.25, -0.2) is 0 Å². The lowest BCUT2D eigenvalue weighted by Crippen LogP contribution is -2.24. The van der Waals surface area contributed by atoms with Gasteiger partial charge in [-0.15, -0.1) is 0 Å². The second-order valence-corrected chi connectivity index (χ2v) is 5.71. The van der Waals surface area contributed by atoms with Crippen molar-refractivity contribution in [3.8, 4) is 11.3 Å². The molecule has 1 aliphatic rings. The number of aliphatic hydroxyl groups excluding tert-OH is 1. The molecule has 106 valence electrons. The fourth-order valence-electron chi connectivity index (χ4n) is 2.69. The number of nitrogens with zero attached hydrogens (tertiary/aromatic N) is 1. The van der Waals surface area contributed by atoms with Crippen LogP contribution in [0.5, 0.6) is 0 Å². The van der Waals surface area contributed by atoms with Gasteiger partial charge >= 0.3 is 0 Å². The van der Waals surface area contributed by atoms with Crippen LogP contribution < -0.4 is 5.32 Å². The molecule has 4 heteroatoms. The molecule has 1 aliphatic carbocycles. The molecule has 1 aromatic carbocycles. The fraction of sp³-hybridized carbons (Fsp3) is 0.438. The first-order valence-electron chi connectivity index (χ1n) is 7.22. The quantitative estimate of drug-likeness (QED) is 0.724. The summed E-state index contributed by atoms with van der Waals surface area (Å²) in [6.07, 6.45) is 5.27. The third-order valence-corrected chi connectivity index (χ3v) is 4.20. The van der Waals surface area contributed by atoms with E-state index in [2.05, 4.69) is 27.6 Å². The summed E-state index contributed by atoms with van der Waals surface area (Å²) < 4.78 is 0. The van der Waals surface area contributed by atoms with Gasteiger partial charge in [-0.2, -0.15) is 5.10 Å². The highest BCUT2D eigenvalue weighted by atomic mass is 16.3. The number of hydrogen-bond donors (Lipinski definition) is 3. The molecule has 0 saturated heterocycles. The Morgan fingerprint density at radius 1 is 1.25 bits per heavy atom. The minimum atomic E-state index is 0.294. The second-order valence-electron chi connectivity index (χ2n) is 5.71. The van der Waals surface area contributed by atoms with E-state index in [1.165, 1.54) is 24.0 Å². The number of hydrogen-bond acceptors (Lipinski definition) is 3. The summed E-state index contributed by atoms with van der Waals surface area (Å²) in [5.41, 5.74) is 3.80. The van der Waals surface area contributed by atoms with Crippen molar-refractivity contribution in [3.05, 3.63) is 42.1 Å². The van der Waals surface area contributed by atoms with Gasteiger partial charge in [0.1, 0.15) is 0 Å². The van der Waals surface area contributed by atoms with Crippen molar-refractivity contribution in [2.45, 2.75) is 25.8 Å². The van der Waals surface area contributed by atoms with Crippen LogP contribution in [-0.4, -0.2) is 28.5 Å². The molecule has 1 fully saturated rings. The Morgan fingerprint density at radius 3 is 2.75 bits per heavy atom. The van der Waals surface area contributed by atoms with Gasteiger partial charge in [0.05, 0.1) is 11.9 Å². The fourth-order valence-corrected chi connectivity index (χ4v) is 2.69. The Labute approximate surface area is 119 Å². The smallest absolute Gasteiger partial charge is 0.0695 e. The lowest BCUT2D eigenvalue weighted by atomic mass is 10.0. The van der Waals surface area contributed by atoms with Crippen molar-refractivity contribution in [1.82, 2.24) is 15.5 Å². The van der Waals surface area contributed by atoms with Crippen LogP contribution in [0.25, 0.3) is 11.3 Å². The van der Waals surface area contributed by atoms with E-state index in [1.54, 1.807) is 0 Å². The van der Waals surface area contributed by atoms with Crippen LogP contribution in [0.1, 0.15) is 24.8 Å². The van der Waals surface area contributed by atoms with E-state index < -0.39 is 0 Å².